The van der Waals surface area contributed by atoms with Crippen molar-refractivity contribution in [2.75, 3.05) is 6.61 Å². The third kappa shape index (κ3) is 6.02. The summed E-state index contributed by atoms with van der Waals surface area (Å²) in [5.41, 5.74) is 5.81. The quantitative estimate of drug-likeness (QED) is 0.498. The molecule has 0 unspecified atom stereocenters. The van der Waals surface area contributed by atoms with Crippen LogP contribution in [0.1, 0.15) is 37.2 Å². The number of H-pyrrole nitrogens is 1. The van der Waals surface area contributed by atoms with Crippen molar-refractivity contribution in [3.05, 3.63) is 53.1 Å². The number of nitrogens with two attached hydrogens (primary N) is 1. The first-order valence-corrected chi connectivity index (χ1v) is 11.4. The summed E-state index contributed by atoms with van der Waals surface area (Å²) in [7, 11) is 0. The monoisotopic (exact) mass is 509 g/mol. The summed E-state index contributed by atoms with van der Waals surface area (Å²) in [5.74, 6) is -0.364. The van der Waals surface area contributed by atoms with E-state index >= 15 is 0 Å². The molecule has 2 heterocycles. The van der Waals surface area contributed by atoms with Crippen LogP contribution in [0.25, 0.3) is 11.0 Å². The lowest BCUT2D eigenvalue weighted by Gasteiger charge is -2.35. The maximum atomic E-state index is 13.2. The standard InChI is InChI=1S/C23H23ClF3N5O3/c24-14-3-7-17-18(9-14)31-20(30-17)11-32(15-4-1-13(2-5-15)22(28)34)21(33)12-35-16-6-8-19(29-10-16)23(25,26)27/h3,6-10,13,15H,1-2,4-5,11-12H2,(H2,28,34)(H,30,31). The highest BCUT2D eigenvalue weighted by molar-refractivity contribution is 6.31. The summed E-state index contributed by atoms with van der Waals surface area (Å²) < 4.78 is 43.6. The van der Waals surface area contributed by atoms with Crippen LogP contribution >= 0.6 is 11.6 Å². The van der Waals surface area contributed by atoms with Crippen molar-refractivity contribution < 1.29 is 27.5 Å². The predicted molar refractivity (Wildman–Crippen MR) is 121 cm³/mol. The number of benzene rings is 1. The summed E-state index contributed by atoms with van der Waals surface area (Å²) in [6, 6.07) is 6.95. The molecule has 1 fully saturated rings. The molecule has 12 heteroatoms. The van der Waals surface area contributed by atoms with Crippen LogP contribution in [0.2, 0.25) is 5.02 Å². The molecule has 3 N–H and O–H groups in total. The van der Waals surface area contributed by atoms with E-state index in [0.717, 1.165) is 23.8 Å². The average Bonchev–Trinajstić information content (AvgIpc) is 3.22. The van der Waals surface area contributed by atoms with Crippen LogP contribution in [0, 0.1) is 5.92 Å². The number of aromatic nitrogens is 3. The van der Waals surface area contributed by atoms with E-state index in [2.05, 4.69) is 15.0 Å². The van der Waals surface area contributed by atoms with E-state index in [1.807, 2.05) is 0 Å². The molecule has 3 aromatic rings. The summed E-state index contributed by atoms with van der Waals surface area (Å²) in [6.07, 6.45) is -1.36. The number of carbonyl (C=O) groups excluding carboxylic acids is 2. The number of fused-ring (bicyclic) bond motifs is 1. The minimum atomic E-state index is -4.56. The molecular weight excluding hydrogens is 487 g/mol. The van der Waals surface area contributed by atoms with Gasteiger partial charge in [0.15, 0.2) is 6.61 Å². The van der Waals surface area contributed by atoms with E-state index < -0.39 is 18.5 Å². The predicted octanol–water partition coefficient (Wildman–Crippen LogP) is 4.08. The number of pyridine rings is 1. The third-order valence-electron chi connectivity index (χ3n) is 6.06. The number of carbonyl (C=O) groups is 2. The Kier molecular flexibility index (Phi) is 7.15. The molecule has 0 atom stereocenters. The van der Waals surface area contributed by atoms with Crippen molar-refractivity contribution in [2.24, 2.45) is 11.7 Å². The van der Waals surface area contributed by atoms with Gasteiger partial charge in [0.25, 0.3) is 5.91 Å². The van der Waals surface area contributed by atoms with Gasteiger partial charge >= 0.3 is 6.18 Å². The van der Waals surface area contributed by atoms with Crippen molar-refractivity contribution in [1.82, 2.24) is 19.9 Å². The van der Waals surface area contributed by atoms with Crippen LogP contribution in [0.5, 0.6) is 5.75 Å². The van der Waals surface area contributed by atoms with Gasteiger partial charge in [-0.3, -0.25) is 9.59 Å². The highest BCUT2D eigenvalue weighted by atomic mass is 35.5. The number of aromatic amines is 1. The Bertz CT molecular complexity index is 1210. The number of hydrogen-bond acceptors (Lipinski definition) is 5. The highest BCUT2D eigenvalue weighted by Crippen LogP contribution is 2.30. The molecule has 186 valence electrons. The lowest BCUT2D eigenvalue weighted by Crippen LogP contribution is -2.45. The molecule has 8 nitrogen and oxygen atoms in total. The smallest absolute Gasteiger partial charge is 0.433 e. The lowest BCUT2D eigenvalue weighted by molar-refractivity contribution is -0.141. The van der Waals surface area contributed by atoms with Gasteiger partial charge < -0.3 is 20.4 Å². The lowest BCUT2D eigenvalue weighted by atomic mass is 9.85. The Labute approximate surface area is 203 Å². The van der Waals surface area contributed by atoms with Gasteiger partial charge in [-0.1, -0.05) is 11.6 Å². The molecule has 2 aromatic heterocycles. The third-order valence-corrected chi connectivity index (χ3v) is 6.30. The van der Waals surface area contributed by atoms with Gasteiger partial charge in [-0.15, -0.1) is 0 Å². The largest absolute Gasteiger partial charge is 0.482 e. The Balaban J connectivity index is 1.48. The van der Waals surface area contributed by atoms with E-state index in [9.17, 15) is 22.8 Å². The Hall–Kier alpha value is -3.34. The van der Waals surface area contributed by atoms with Crippen molar-refractivity contribution >= 4 is 34.4 Å². The van der Waals surface area contributed by atoms with Crippen LogP contribution in [-0.4, -0.2) is 44.3 Å². The van der Waals surface area contributed by atoms with E-state index in [0.29, 0.717) is 42.0 Å². The summed E-state index contributed by atoms with van der Waals surface area (Å²) >= 11 is 6.05. The highest BCUT2D eigenvalue weighted by Gasteiger charge is 2.33. The minimum Gasteiger partial charge on any atom is -0.482 e. The zero-order valence-corrected chi connectivity index (χ0v) is 19.3. The van der Waals surface area contributed by atoms with Crippen LogP contribution < -0.4 is 10.5 Å². The molecule has 4 rings (SSSR count). The second-order valence-corrected chi connectivity index (χ2v) is 8.88. The molecule has 0 bridgehead atoms. The number of imidazole rings is 1. The molecule has 1 aliphatic carbocycles. The summed E-state index contributed by atoms with van der Waals surface area (Å²) in [4.78, 5) is 37.4. The summed E-state index contributed by atoms with van der Waals surface area (Å²) in [6.45, 7) is -0.236. The van der Waals surface area contributed by atoms with Gasteiger partial charge in [0.2, 0.25) is 5.91 Å². The fourth-order valence-electron chi connectivity index (χ4n) is 4.23. The number of primary amides is 1. The van der Waals surface area contributed by atoms with E-state index in [1.165, 1.54) is 0 Å². The SMILES string of the molecule is NC(=O)C1CCC(N(Cc2nc3ccc(Cl)cc3[nH]2)C(=O)COc2ccc(C(F)(F)F)nc2)CC1. The minimum absolute atomic E-state index is 0.0436. The molecule has 0 spiro atoms. The number of halogens is 4. The van der Waals surface area contributed by atoms with E-state index in [1.54, 1.807) is 23.1 Å². The van der Waals surface area contributed by atoms with E-state index in [-0.39, 0.29) is 36.1 Å². The molecule has 35 heavy (non-hydrogen) atoms. The molecule has 1 aromatic carbocycles. The Morgan fingerprint density at radius 1 is 1.17 bits per heavy atom. The number of nitrogens with one attached hydrogen (secondary N) is 1. The van der Waals surface area contributed by atoms with Gasteiger partial charge in [0, 0.05) is 17.0 Å². The van der Waals surface area contributed by atoms with Crippen LogP contribution in [0.15, 0.2) is 36.5 Å². The molecule has 0 radical (unpaired) electrons. The second-order valence-electron chi connectivity index (χ2n) is 8.44. The number of amides is 2. The fourth-order valence-corrected chi connectivity index (χ4v) is 4.40. The van der Waals surface area contributed by atoms with Gasteiger partial charge in [-0.25, -0.2) is 9.97 Å². The normalized spacial score (nSPS) is 18.4. The fraction of sp³-hybridized carbons (Fsp3) is 0.391. The molecule has 0 saturated heterocycles. The van der Waals surface area contributed by atoms with Crippen molar-refractivity contribution in [2.45, 2.75) is 44.4 Å². The number of nitrogens with zero attached hydrogens (tertiary/aromatic N) is 3. The van der Waals surface area contributed by atoms with Gasteiger partial charge in [0.1, 0.15) is 17.3 Å². The average molecular weight is 510 g/mol. The first-order chi connectivity index (χ1) is 16.6. The first kappa shape index (κ1) is 24.8. The second kappa shape index (κ2) is 10.1. The van der Waals surface area contributed by atoms with Gasteiger partial charge in [-0.2, -0.15) is 13.2 Å². The van der Waals surface area contributed by atoms with Crippen molar-refractivity contribution in [3.63, 3.8) is 0 Å². The topological polar surface area (TPSA) is 114 Å². The van der Waals surface area contributed by atoms with Gasteiger partial charge in [-0.05, 0) is 56.0 Å². The summed E-state index contributed by atoms with van der Waals surface area (Å²) in [5, 5.41) is 0.545. The molecule has 1 saturated carbocycles. The maximum Gasteiger partial charge on any atom is 0.433 e. The van der Waals surface area contributed by atoms with Crippen LogP contribution in [-0.2, 0) is 22.3 Å². The molecule has 0 aliphatic heterocycles. The van der Waals surface area contributed by atoms with E-state index in [4.69, 9.17) is 22.1 Å². The van der Waals surface area contributed by atoms with Crippen molar-refractivity contribution in [1.29, 1.82) is 0 Å². The van der Waals surface area contributed by atoms with Crippen LogP contribution in [0.4, 0.5) is 13.2 Å². The number of ether oxygens (including phenoxy) is 1. The number of alkyl halides is 3. The Morgan fingerprint density at radius 2 is 1.91 bits per heavy atom. The zero-order chi connectivity index (χ0) is 25.2. The maximum absolute atomic E-state index is 13.2. The van der Waals surface area contributed by atoms with Gasteiger partial charge in [0.05, 0.1) is 23.8 Å². The molecular formula is C23H23ClF3N5O3. The zero-order valence-electron chi connectivity index (χ0n) is 18.5. The Morgan fingerprint density at radius 3 is 2.54 bits per heavy atom. The van der Waals surface area contributed by atoms with Crippen LogP contribution in [0.3, 0.4) is 0 Å². The number of hydrogen-bond donors (Lipinski definition) is 2. The first-order valence-electron chi connectivity index (χ1n) is 11.0. The molecule has 2 amide bonds. The molecule has 1 aliphatic rings. The van der Waals surface area contributed by atoms with Crippen molar-refractivity contribution in [3.8, 4) is 5.75 Å². The number of rotatable bonds is 7.